The second-order valence-electron chi connectivity index (χ2n) is 5.36. The number of rotatable bonds is 2. The summed E-state index contributed by atoms with van der Waals surface area (Å²) in [6, 6.07) is 4.48. The molecule has 0 spiro atoms. The molecule has 0 saturated heterocycles. The molecule has 0 N–H and O–H groups in total. The van der Waals surface area contributed by atoms with Crippen LogP contribution in [0.25, 0.3) is 0 Å². The van der Waals surface area contributed by atoms with Crippen LogP contribution in [0.2, 0.25) is 0 Å². The monoisotopic (exact) mass is 420 g/mol. The number of aryl methyl sites for hydroxylation is 1. The summed E-state index contributed by atoms with van der Waals surface area (Å²) >= 11 is 11.3. The van der Waals surface area contributed by atoms with Crippen LogP contribution < -0.4 is 0 Å². The number of benzene rings is 1. The maximum absolute atomic E-state index is 3.93. The first-order valence-electron chi connectivity index (χ1n) is 6.19. The quantitative estimate of drug-likeness (QED) is 0.512. The molecule has 2 aliphatic rings. The fourth-order valence-corrected chi connectivity index (χ4v) is 5.93. The van der Waals surface area contributed by atoms with Crippen molar-refractivity contribution in [2.24, 2.45) is 17.8 Å². The van der Waals surface area contributed by atoms with Gasteiger partial charge in [0, 0.05) is 13.8 Å². The predicted octanol–water partition coefficient (Wildman–Crippen LogP) is 6.00. The van der Waals surface area contributed by atoms with Gasteiger partial charge in [-0.25, -0.2) is 0 Å². The van der Waals surface area contributed by atoms with E-state index in [0.717, 1.165) is 17.8 Å². The Bertz CT molecular complexity index is 445. The number of hydrogen-bond donors (Lipinski definition) is 0. The zero-order valence-corrected chi connectivity index (χ0v) is 14.5. The summed E-state index contributed by atoms with van der Waals surface area (Å²) in [5.41, 5.74) is 2.69. The molecule has 0 nitrogen and oxygen atoms in total. The van der Waals surface area contributed by atoms with Crippen LogP contribution in [0, 0.1) is 24.7 Å². The van der Waals surface area contributed by atoms with E-state index in [1.165, 1.54) is 39.3 Å². The second-order valence-corrected chi connectivity index (χ2v) is 8.06. The Morgan fingerprint density at radius 1 is 1.12 bits per heavy atom. The molecule has 0 amide bonds. The van der Waals surface area contributed by atoms with Gasteiger partial charge in [0.05, 0.1) is 0 Å². The third-order valence-corrected chi connectivity index (χ3v) is 7.03. The van der Waals surface area contributed by atoms with Crippen molar-refractivity contribution >= 4 is 47.8 Å². The van der Waals surface area contributed by atoms with Crippen molar-refractivity contribution in [3.8, 4) is 0 Å². The summed E-state index contributed by atoms with van der Waals surface area (Å²) < 4.78 is 2.45. The van der Waals surface area contributed by atoms with Crippen molar-refractivity contribution in [1.82, 2.24) is 0 Å². The average Bonchev–Trinajstić information content (AvgIpc) is 2.76. The van der Waals surface area contributed by atoms with Gasteiger partial charge < -0.3 is 0 Å². The lowest BCUT2D eigenvalue weighted by Gasteiger charge is -2.15. The molecule has 3 heteroatoms. The van der Waals surface area contributed by atoms with E-state index in [1.54, 1.807) is 0 Å². The molecule has 1 aromatic carbocycles. The lowest BCUT2D eigenvalue weighted by atomic mass is 10.0. The molecule has 92 valence electrons. The highest BCUT2D eigenvalue weighted by Gasteiger charge is 2.55. The standard InChI is InChI=1S/C14H15Br3/c1-7-5-12(16)10(6-11(7)15)14(17)13-8-3-2-4-9(8)13/h5-6,8-9,13-14H,2-4H2,1H3. The average molecular weight is 423 g/mol. The van der Waals surface area contributed by atoms with Gasteiger partial charge >= 0.3 is 0 Å². The Kier molecular flexibility index (Phi) is 3.46. The number of fused-ring (bicyclic) bond motifs is 1. The Hall–Kier alpha value is 0.660. The van der Waals surface area contributed by atoms with E-state index < -0.39 is 0 Å². The molecular weight excluding hydrogens is 408 g/mol. The molecule has 0 aliphatic heterocycles. The number of hydrogen-bond acceptors (Lipinski definition) is 0. The van der Waals surface area contributed by atoms with Crippen molar-refractivity contribution in [2.75, 3.05) is 0 Å². The highest BCUT2D eigenvalue weighted by molar-refractivity contribution is 9.11. The van der Waals surface area contributed by atoms with Gasteiger partial charge in [0.15, 0.2) is 0 Å². The zero-order chi connectivity index (χ0) is 12.2. The maximum Gasteiger partial charge on any atom is 0.0440 e. The zero-order valence-electron chi connectivity index (χ0n) is 9.72. The Balaban J connectivity index is 1.87. The van der Waals surface area contributed by atoms with Gasteiger partial charge in [0.25, 0.3) is 0 Å². The molecule has 3 atom stereocenters. The molecule has 1 aromatic rings. The molecule has 2 saturated carbocycles. The second kappa shape index (κ2) is 4.64. The smallest absolute Gasteiger partial charge is 0.0440 e. The van der Waals surface area contributed by atoms with Crippen LogP contribution in [-0.4, -0.2) is 0 Å². The van der Waals surface area contributed by atoms with Gasteiger partial charge in [-0.05, 0) is 60.8 Å². The molecule has 0 radical (unpaired) electrons. The minimum atomic E-state index is 0.518. The fourth-order valence-electron chi connectivity index (χ4n) is 3.39. The molecular formula is C14H15Br3. The van der Waals surface area contributed by atoms with Crippen molar-refractivity contribution in [2.45, 2.75) is 31.0 Å². The number of alkyl halides is 1. The third-order valence-electron chi connectivity index (χ3n) is 4.39. The van der Waals surface area contributed by atoms with E-state index in [0.29, 0.717) is 4.83 Å². The first-order valence-corrected chi connectivity index (χ1v) is 8.69. The normalized spacial score (nSPS) is 32.4. The van der Waals surface area contributed by atoms with Crippen molar-refractivity contribution < 1.29 is 0 Å². The van der Waals surface area contributed by atoms with E-state index in [9.17, 15) is 0 Å². The lowest BCUT2D eigenvalue weighted by molar-refractivity contribution is 0.582. The van der Waals surface area contributed by atoms with Gasteiger partial charge in [0.1, 0.15) is 0 Å². The van der Waals surface area contributed by atoms with Gasteiger partial charge in [-0.15, -0.1) is 0 Å². The Morgan fingerprint density at radius 3 is 2.41 bits per heavy atom. The van der Waals surface area contributed by atoms with Crippen LogP contribution in [0.5, 0.6) is 0 Å². The van der Waals surface area contributed by atoms with E-state index in [1.807, 2.05) is 0 Å². The fraction of sp³-hybridized carbons (Fsp3) is 0.571. The molecule has 0 aromatic heterocycles. The minimum absolute atomic E-state index is 0.518. The first kappa shape index (κ1) is 12.7. The van der Waals surface area contributed by atoms with E-state index in [4.69, 9.17) is 0 Å². The Labute approximate surface area is 128 Å². The topological polar surface area (TPSA) is 0 Å². The highest BCUT2D eigenvalue weighted by Crippen LogP contribution is 2.64. The highest BCUT2D eigenvalue weighted by atomic mass is 79.9. The van der Waals surface area contributed by atoms with Crippen LogP contribution in [0.3, 0.4) is 0 Å². The number of halogens is 3. The molecule has 0 bridgehead atoms. The summed E-state index contributed by atoms with van der Waals surface area (Å²) in [5.74, 6) is 2.85. The largest absolute Gasteiger partial charge is 0.0835 e. The van der Waals surface area contributed by atoms with Gasteiger partial charge in [0.2, 0.25) is 0 Å². The Morgan fingerprint density at radius 2 is 1.76 bits per heavy atom. The van der Waals surface area contributed by atoms with Crippen LogP contribution in [0.1, 0.15) is 35.2 Å². The van der Waals surface area contributed by atoms with Crippen LogP contribution in [-0.2, 0) is 0 Å². The first-order chi connectivity index (χ1) is 8.09. The summed E-state index contributed by atoms with van der Waals surface area (Å²) in [5, 5.41) is 0. The lowest BCUT2D eigenvalue weighted by Crippen LogP contribution is -2.00. The van der Waals surface area contributed by atoms with Crippen molar-refractivity contribution in [3.05, 3.63) is 32.2 Å². The summed E-state index contributed by atoms with van der Waals surface area (Å²) in [6.45, 7) is 2.13. The molecule has 3 rings (SSSR count). The van der Waals surface area contributed by atoms with Crippen molar-refractivity contribution in [1.29, 1.82) is 0 Å². The molecule has 17 heavy (non-hydrogen) atoms. The van der Waals surface area contributed by atoms with E-state index in [-0.39, 0.29) is 0 Å². The summed E-state index contributed by atoms with van der Waals surface area (Å²) in [6.07, 6.45) is 4.34. The third kappa shape index (κ3) is 2.17. The van der Waals surface area contributed by atoms with Gasteiger partial charge in [-0.2, -0.15) is 0 Å². The van der Waals surface area contributed by atoms with Crippen LogP contribution >= 0.6 is 47.8 Å². The van der Waals surface area contributed by atoms with Gasteiger partial charge in [-0.1, -0.05) is 54.2 Å². The van der Waals surface area contributed by atoms with Crippen molar-refractivity contribution in [3.63, 3.8) is 0 Å². The van der Waals surface area contributed by atoms with Gasteiger partial charge in [-0.3, -0.25) is 0 Å². The maximum atomic E-state index is 3.93. The summed E-state index contributed by atoms with van der Waals surface area (Å²) in [7, 11) is 0. The van der Waals surface area contributed by atoms with E-state index in [2.05, 4.69) is 66.8 Å². The molecule has 3 unspecified atom stereocenters. The molecule has 2 aliphatic carbocycles. The predicted molar refractivity (Wildman–Crippen MR) is 82.6 cm³/mol. The van der Waals surface area contributed by atoms with E-state index >= 15 is 0 Å². The minimum Gasteiger partial charge on any atom is -0.0835 e. The van der Waals surface area contributed by atoms with Crippen LogP contribution in [0.4, 0.5) is 0 Å². The molecule has 0 heterocycles. The molecule has 2 fully saturated rings. The van der Waals surface area contributed by atoms with Crippen LogP contribution in [0.15, 0.2) is 21.1 Å². The summed E-state index contributed by atoms with van der Waals surface area (Å²) in [4.78, 5) is 0.518. The SMILES string of the molecule is Cc1cc(Br)c(C(Br)C2C3CCCC32)cc1Br.